The molecule has 6 nitrogen and oxygen atoms in total. The molecule has 0 saturated carbocycles. The molecule has 2 aromatic carbocycles. The second-order valence-corrected chi connectivity index (χ2v) is 8.51. The molecule has 2 aromatic rings. The van der Waals surface area contributed by atoms with E-state index in [0.29, 0.717) is 23.8 Å². The Balaban J connectivity index is 1.30. The van der Waals surface area contributed by atoms with Crippen LogP contribution in [-0.2, 0) is 16.0 Å². The number of amides is 2. The summed E-state index contributed by atoms with van der Waals surface area (Å²) < 4.78 is 10.4. The van der Waals surface area contributed by atoms with E-state index in [9.17, 15) is 9.59 Å². The average Bonchev–Trinajstić information content (AvgIpc) is 3.12. The molecule has 1 N–H and O–H groups in total. The lowest BCUT2D eigenvalue weighted by molar-refractivity contribution is -0.920. The van der Waals surface area contributed by atoms with E-state index in [4.69, 9.17) is 9.47 Å². The molecule has 1 atom stereocenters. The van der Waals surface area contributed by atoms with Gasteiger partial charge in [0.15, 0.2) is 6.04 Å². The van der Waals surface area contributed by atoms with Crippen LogP contribution in [0.5, 0.6) is 11.5 Å². The molecule has 164 valence electrons. The van der Waals surface area contributed by atoms with Crippen molar-refractivity contribution in [1.29, 1.82) is 0 Å². The van der Waals surface area contributed by atoms with Crippen molar-refractivity contribution in [2.75, 3.05) is 32.2 Å². The number of rotatable bonds is 7. The summed E-state index contributed by atoms with van der Waals surface area (Å²) in [5.41, 5.74) is 1.97. The van der Waals surface area contributed by atoms with E-state index >= 15 is 0 Å². The van der Waals surface area contributed by atoms with Gasteiger partial charge in [0.1, 0.15) is 11.5 Å². The summed E-state index contributed by atoms with van der Waals surface area (Å²) in [6, 6.07) is 15.2. The van der Waals surface area contributed by atoms with Crippen LogP contribution in [0.4, 0.5) is 5.69 Å². The van der Waals surface area contributed by atoms with Crippen molar-refractivity contribution in [1.82, 2.24) is 0 Å². The molecule has 0 bridgehead atoms. The molecule has 0 aromatic heterocycles. The number of nitrogens with zero attached hydrogens (tertiary/aromatic N) is 1. The number of ether oxygens (including phenoxy) is 2. The van der Waals surface area contributed by atoms with E-state index in [1.54, 1.807) is 38.5 Å². The molecule has 0 spiro atoms. The zero-order chi connectivity index (χ0) is 21.8. The van der Waals surface area contributed by atoms with E-state index in [1.807, 2.05) is 12.1 Å². The first-order valence-corrected chi connectivity index (χ1v) is 11.1. The van der Waals surface area contributed by atoms with Gasteiger partial charge in [0.25, 0.3) is 5.91 Å². The fourth-order valence-corrected chi connectivity index (χ4v) is 4.80. The van der Waals surface area contributed by atoms with Gasteiger partial charge in [0.2, 0.25) is 5.91 Å². The minimum atomic E-state index is -0.253. The molecule has 2 aliphatic rings. The molecule has 2 amide bonds. The van der Waals surface area contributed by atoms with Crippen molar-refractivity contribution in [2.24, 2.45) is 5.92 Å². The van der Waals surface area contributed by atoms with Gasteiger partial charge in [0, 0.05) is 0 Å². The van der Waals surface area contributed by atoms with Gasteiger partial charge in [-0.15, -0.1) is 0 Å². The van der Waals surface area contributed by atoms with Gasteiger partial charge in [-0.05, 0) is 73.6 Å². The summed E-state index contributed by atoms with van der Waals surface area (Å²) in [5, 5.41) is 0. The summed E-state index contributed by atoms with van der Waals surface area (Å²) in [4.78, 5) is 28.3. The fraction of sp³-hybridized carbons (Fsp3) is 0.440. The standard InChI is InChI=1S/C25H30N2O4/c1-30-21-9-5-18(6-10-21)3-4-19-13-15-26(16-14-19)23-17-24(28)27(25(23)29)20-7-11-22(31-2)12-8-20/h5-12,19,23H,3-4,13-17H2,1-2H3/p+1/t23-/m0/s1. The zero-order valence-electron chi connectivity index (χ0n) is 18.3. The Morgan fingerprint density at radius 2 is 1.48 bits per heavy atom. The van der Waals surface area contributed by atoms with Crippen molar-refractivity contribution in [3.63, 3.8) is 0 Å². The van der Waals surface area contributed by atoms with Crippen LogP contribution in [0, 0.1) is 5.92 Å². The molecular weight excluding hydrogens is 392 g/mol. The molecule has 4 rings (SSSR count). The van der Waals surface area contributed by atoms with Crippen LogP contribution in [0.1, 0.15) is 31.2 Å². The van der Waals surface area contributed by atoms with Crippen LogP contribution in [0.25, 0.3) is 0 Å². The van der Waals surface area contributed by atoms with Gasteiger partial charge in [0.05, 0.1) is 39.4 Å². The van der Waals surface area contributed by atoms with Gasteiger partial charge in [-0.25, -0.2) is 4.90 Å². The molecule has 6 heteroatoms. The third-order valence-electron chi connectivity index (χ3n) is 6.72. The molecule has 0 radical (unpaired) electrons. The Labute approximate surface area is 183 Å². The Morgan fingerprint density at radius 3 is 2.06 bits per heavy atom. The van der Waals surface area contributed by atoms with Gasteiger partial charge in [-0.3, -0.25) is 9.59 Å². The van der Waals surface area contributed by atoms with Gasteiger partial charge < -0.3 is 14.4 Å². The van der Waals surface area contributed by atoms with Crippen molar-refractivity contribution in [3.8, 4) is 11.5 Å². The van der Waals surface area contributed by atoms with Crippen molar-refractivity contribution < 1.29 is 24.0 Å². The molecule has 2 saturated heterocycles. The van der Waals surface area contributed by atoms with Crippen LogP contribution in [0.3, 0.4) is 0 Å². The molecule has 31 heavy (non-hydrogen) atoms. The quantitative estimate of drug-likeness (QED) is 0.694. The number of hydrogen-bond donors (Lipinski definition) is 1. The van der Waals surface area contributed by atoms with E-state index in [2.05, 4.69) is 12.1 Å². The predicted octanol–water partition coefficient (Wildman–Crippen LogP) is 2.26. The highest BCUT2D eigenvalue weighted by atomic mass is 16.5. The number of imide groups is 1. The third-order valence-corrected chi connectivity index (χ3v) is 6.72. The smallest absolute Gasteiger partial charge is 0.292 e. The largest absolute Gasteiger partial charge is 0.497 e. The summed E-state index contributed by atoms with van der Waals surface area (Å²) in [6.07, 6.45) is 4.74. The lowest BCUT2D eigenvalue weighted by atomic mass is 9.90. The van der Waals surface area contributed by atoms with Gasteiger partial charge in [-0.2, -0.15) is 0 Å². The average molecular weight is 424 g/mol. The monoisotopic (exact) mass is 423 g/mol. The fourth-order valence-electron chi connectivity index (χ4n) is 4.80. The van der Waals surface area contributed by atoms with Crippen LogP contribution >= 0.6 is 0 Å². The highest BCUT2D eigenvalue weighted by molar-refractivity contribution is 6.21. The van der Waals surface area contributed by atoms with Crippen molar-refractivity contribution in [3.05, 3.63) is 54.1 Å². The minimum absolute atomic E-state index is 0.0677. The first-order chi connectivity index (χ1) is 15.1. The molecular formula is C25H31N2O4+. The van der Waals surface area contributed by atoms with Crippen molar-refractivity contribution in [2.45, 2.75) is 38.1 Å². The van der Waals surface area contributed by atoms with E-state index in [0.717, 1.165) is 44.5 Å². The molecule has 2 fully saturated rings. The Kier molecular flexibility index (Phi) is 6.56. The minimum Gasteiger partial charge on any atom is -0.497 e. The number of quaternary nitrogens is 1. The number of hydrogen-bond acceptors (Lipinski definition) is 4. The number of benzene rings is 2. The Morgan fingerprint density at radius 1 is 0.903 bits per heavy atom. The second kappa shape index (κ2) is 9.52. The number of nitrogens with one attached hydrogen (secondary N) is 1. The molecule has 0 aliphatic carbocycles. The zero-order valence-corrected chi connectivity index (χ0v) is 18.3. The van der Waals surface area contributed by atoms with Gasteiger partial charge >= 0.3 is 0 Å². The summed E-state index contributed by atoms with van der Waals surface area (Å²) in [7, 11) is 3.28. The maximum Gasteiger partial charge on any atom is 0.292 e. The highest BCUT2D eigenvalue weighted by Crippen LogP contribution is 2.25. The summed E-state index contributed by atoms with van der Waals surface area (Å²) in [5.74, 6) is 2.11. The van der Waals surface area contributed by atoms with E-state index in [1.165, 1.54) is 15.4 Å². The number of piperidine rings is 1. The highest BCUT2D eigenvalue weighted by Gasteiger charge is 2.46. The topological polar surface area (TPSA) is 60.3 Å². The SMILES string of the molecule is COc1ccc(CCC2CC[NH+]([C@H]3CC(=O)N(c4ccc(OC)cc4)C3=O)CC2)cc1. The second-order valence-electron chi connectivity index (χ2n) is 8.51. The number of aryl methyl sites for hydroxylation is 1. The summed E-state index contributed by atoms with van der Waals surface area (Å²) in [6.45, 7) is 1.90. The first-order valence-electron chi connectivity index (χ1n) is 11.1. The van der Waals surface area contributed by atoms with Crippen molar-refractivity contribution >= 4 is 17.5 Å². The van der Waals surface area contributed by atoms with Crippen LogP contribution in [-0.4, -0.2) is 45.2 Å². The van der Waals surface area contributed by atoms with Crippen LogP contribution < -0.4 is 19.3 Å². The maximum atomic E-state index is 13.1. The molecule has 2 heterocycles. The van der Waals surface area contributed by atoms with Crippen LogP contribution in [0.2, 0.25) is 0 Å². The first kappa shape index (κ1) is 21.4. The number of carbonyl (C=O) groups is 2. The van der Waals surface area contributed by atoms with E-state index < -0.39 is 0 Å². The number of likely N-dealkylation sites (tertiary alicyclic amines) is 1. The summed E-state index contributed by atoms with van der Waals surface area (Å²) >= 11 is 0. The molecule has 0 unspecified atom stereocenters. The van der Waals surface area contributed by atoms with E-state index in [-0.39, 0.29) is 17.9 Å². The number of methoxy groups -OCH3 is 2. The Hall–Kier alpha value is -2.86. The third kappa shape index (κ3) is 4.74. The lowest BCUT2D eigenvalue weighted by Crippen LogP contribution is -3.17. The Bertz CT molecular complexity index is 902. The normalized spacial score (nSPS) is 23.8. The number of anilines is 1. The van der Waals surface area contributed by atoms with Gasteiger partial charge in [-0.1, -0.05) is 12.1 Å². The molecule has 2 aliphatic heterocycles. The lowest BCUT2D eigenvalue weighted by Gasteiger charge is -2.32. The maximum absolute atomic E-state index is 13.1. The van der Waals surface area contributed by atoms with Crippen LogP contribution in [0.15, 0.2) is 48.5 Å². The predicted molar refractivity (Wildman–Crippen MR) is 119 cm³/mol. The number of carbonyl (C=O) groups excluding carboxylic acids is 2.